The Bertz CT molecular complexity index is 445. The Morgan fingerprint density at radius 3 is 2.41 bits per heavy atom. The van der Waals surface area contributed by atoms with E-state index in [0.717, 1.165) is 5.75 Å². The van der Waals surface area contributed by atoms with E-state index in [1.807, 2.05) is 37.4 Å². The van der Waals surface area contributed by atoms with E-state index in [0.29, 0.717) is 31.8 Å². The first-order chi connectivity index (χ1) is 10.1. The zero-order valence-electron chi connectivity index (χ0n) is 13.7. The number of benzene rings is 1. The van der Waals surface area contributed by atoms with Crippen molar-refractivity contribution in [2.45, 2.75) is 38.8 Å². The van der Waals surface area contributed by atoms with Crippen molar-refractivity contribution in [3.05, 3.63) is 30.3 Å². The molecule has 1 aromatic carbocycles. The molecule has 0 aromatic heterocycles. The van der Waals surface area contributed by atoms with Crippen molar-refractivity contribution >= 4 is 18.3 Å². The fraction of sp³-hybridized carbons (Fsp3) is 0.588. The molecule has 0 spiro atoms. The van der Waals surface area contributed by atoms with Gasteiger partial charge in [0.05, 0.1) is 13.1 Å². The highest BCUT2D eigenvalue weighted by Crippen LogP contribution is 2.22. The lowest BCUT2D eigenvalue weighted by Gasteiger charge is -2.27. The third-order valence-electron chi connectivity index (χ3n) is 4.32. The number of likely N-dealkylation sites (tertiary alicyclic amines) is 1. The van der Waals surface area contributed by atoms with Crippen LogP contribution in [0.2, 0.25) is 0 Å². The molecule has 1 fully saturated rings. The molecular formula is C17H27ClN2O2. The second-order valence-corrected chi connectivity index (χ2v) is 5.92. The first-order valence-electron chi connectivity index (χ1n) is 7.75. The standard InChI is InChI=1S/C17H26N2O2.ClH/c1-14-9-10-15(2)19(14)13-17(20)18(3)11-12-21-16-7-5-4-6-8-16;/h4-8,14-15H,9-13H2,1-3H3;1H. The zero-order chi connectivity index (χ0) is 15.2. The Morgan fingerprint density at radius 1 is 1.23 bits per heavy atom. The third kappa shape index (κ3) is 5.18. The van der Waals surface area contributed by atoms with E-state index >= 15 is 0 Å². The molecule has 1 aromatic rings. The Kier molecular flexibility index (Phi) is 7.69. The molecule has 124 valence electrons. The minimum absolute atomic E-state index is 0. The lowest BCUT2D eigenvalue weighted by atomic mass is 10.2. The van der Waals surface area contributed by atoms with Crippen molar-refractivity contribution in [1.82, 2.24) is 9.80 Å². The van der Waals surface area contributed by atoms with Crippen LogP contribution in [0.3, 0.4) is 0 Å². The van der Waals surface area contributed by atoms with Crippen LogP contribution in [0.4, 0.5) is 0 Å². The molecule has 0 saturated carbocycles. The van der Waals surface area contributed by atoms with E-state index in [4.69, 9.17) is 4.74 Å². The van der Waals surface area contributed by atoms with Gasteiger partial charge in [-0.25, -0.2) is 0 Å². The Balaban J connectivity index is 0.00000242. The van der Waals surface area contributed by atoms with E-state index in [2.05, 4.69) is 18.7 Å². The van der Waals surface area contributed by atoms with Gasteiger partial charge in [-0.15, -0.1) is 12.4 Å². The normalized spacial score (nSPS) is 21.2. The van der Waals surface area contributed by atoms with Crippen molar-refractivity contribution in [1.29, 1.82) is 0 Å². The number of likely N-dealkylation sites (N-methyl/N-ethyl adjacent to an activating group) is 1. The van der Waals surface area contributed by atoms with Crippen LogP contribution in [0.5, 0.6) is 5.75 Å². The quantitative estimate of drug-likeness (QED) is 0.806. The molecule has 0 N–H and O–H groups in total. The maximum atomic E-state index is 12.3. The number of nitrogens with zero attached hydrogens (tertiary/aromatic N) is 2. The summed E-state index contributed by atoms with van der Waals surface area (Å²) in [5, 5.41) is 0. The van der Waals surface area contributed by atoms with Gasteiger partial charge in [0.25, 0.3) is 0 Å². The molecule has 2 atom stereocenters. The molecule has 1 heterocycles. The second kappa shape index (κ2) is 9.01. The minimum Gasteiger partial charge on any atom is -0.492 e. The second-order valence-electron chi connectivity index (χ2n) is 5.92. The maximum absolute atomic E-state index is 12.3. The topological polar surface area (TPSA) is 32.8 Å². The molecule has 1 aliphatic heterocycles. The lowest BCUT2D eigenvalue weighted by molar-refractivity contribution is -0.132. The van der Waals surface area contributed by atoms with Gasteiger partial charge in [0.2, 0.25) is 5.91 Å². The monoisotopic (exact) mass is 326 g/mol. The predicted octanol–water partition coefficient (Wildman–Crippen LogP) is 2.82. The molecule has 22 heavy (non-hydrogen) atoms. The Hall–Kier alpha value is -1.26. The SMILES string of the molecule is CC1CCC(C)N1CC(=O)N(C)CCOc1ccccc1.Cl. The largest absolute Gasteiger partial charge is 0.492 e. The number of rotatable bonds is 6. The number of amides is 1. The van der Waals surface area contributed by atoms with Crippen molar-refractivity contribution in [2.75, 3.05) is 26.7 Å². The number of carbonyl (C=O) groups is 1. The van der Waals surface area contributed by atoms with Crippen LogP contribution in [0.1, 0.15) is 26.7 Å². The van der Waals surface area contributed by atoms with Crippen LogP contribution >= 0.6 is 12.4 Å². The molecule has 0 radical (unpaired) electrons. The number of hydrogen-bond donors (Lipinski definition) is 0. The summed E-state index contributed by atoms with van der Waals surface area (Å²) in [6.45, 7) is 6.07. The summed E-state index contributed by atoms with van der Waals surface area (Å²) in [5.41, 5.74) is 0. The van der Waals surface area contributed by atoms with E-state index in [1.165, 1.54) is 12.8 Å². The highest BCUT2D eigenvalue weighted by molar-refractivity contribution is 5.85. The van der Waals surface area contributed by atoms with Gasteiger partial charge in [0.1, 0.15) is 12.4 Å². The first-order valence-corrected chi connectivity index (χ1v) is 7.75. The number of para-hydroxylation sites is 1. The summed E-state index contributed by atoms with van der Waals surface area (Å²) in [7, 11) is 1.85. The van der Waals surface area contributed by atoms with Gasteiger partial charge in [-0.3, -0.25) is 9.69 Å². The maximum Gasteiger partial charge on any atom is 0.236 e. The fourth-order valence-electron chi connectivity index (χ4n) is 2.78. The Labute approximate surface area is 139 Å². The Morgan fingerprint density at radius 2 is 1.82 bits per heavy atom. The van der Waals surface area contributed by atoms with E-state index < -0.39 is 0 Å². The molecular weight excluding hydrogens is 300 g/mol. The van der Waals surface area contributed by atoms with Gasteiger partial charge in [-0.1, -0.05) is 18.2 Å². The molecule has 4 nitrogen and oxygen atoms in total. The summed E-state index contributed by atoms with van der Waals surface area (Å²) >= 11 is 0. The van der Waals surface area contributed by atoms with Crippen molar-refractivity contribution in [3.63, 3.8) is 0 Å². The van der Waals surface area contributed by atoms with E-state index in [9.17, 15) is 4.79 Å². The summed E-state index contributed by atoms with van der Waals surface area (Å²) in [6, 6.07) is 10.7. The van der Waals surface area contributed by atoms with Gasteiger partial charge in [0, 0.05) is 19.1 Å². The lowest BCUT2D eigenvalue weighted by Crippen LogP contribution is -2.43. The predicted molar refractivity (Wildman–Crippen MR) is 91.7 cm³/mol. The fourth-order valence-corrected chi connectivity index (χ4v) is 2.78. The highest BCUT2D eigenvalue weighted by atomic mass is 35.5. The van der Waals surface area contributed by atoms with Crippen LogP contribution in [0.15, 0.2) is 30.3 Å². The van der Waals surface area contributed by atoms with Gasteiger partial charge >= 0.3 is 0 Å². The smallest absolute Gasteiger partial charge is 0.236 e. The van der Waals surface area contributed by atoms with Crippen molar-refractivity contribution in [3.8, 4) is 5.75 Å². The molecule has 0 aliphatic carbocycles. The van der Waals surface area contributed by atoms with Gasteiger partial charge in [-0.2, -0.15) is 0 Å². The highest BCUT2D eigenvalue weighted by Gasteiger charge is 2.29. The molecule has 0 bridgehead atoms. The average Bonchev–Trinajstić information content (AvgIpc) is 2.80. The number of halogens is 1. The van der Waals surface area contributed by atoms with Crippen LogP contribution < -0.4 is 4.74 Å². The molecule has 1 aliphatic rings. The van der Waals surface area contributed by atoms with Gasteiger partial charge < -0.3 is 9.64 Å². The number of ether oxygens (including phenoxy) is 1. The number of hydrogen-bond acceptors (Lipinski definition) is 3. The minimum atomic E-state index is 0. The summed E-state index contributed by atoms with van der Waals surface area (Å²) in [6.07, 6.45) is 2.38. The van der Waals surface area contributed by atoms with Gasteiger partial charge in [0.15, 0.2) is 0 Å². The molecule has 1 amide bonds. The van der Waals surface area contributed by atoms with Crippen LogP contribution in [0.25, 0.3) is 0 Å². The van der Waals surface area contributed by atoms with E-state index in [1.54, 1.807) is 4.90 Å². The van der Waals surface area contributed by atoms with Gasteiger partial charge in [-0.05, 0) is 38.8 Å². The van der Waals surface area contributed by atoms with Crippen molar-refractivity contribution in [2.24, 2.45) is 0 Å². The zero-order valence-corrected chi connectivity index (χ0v) is 14.5. The molecule has 1 saturated heterocycles. The molecule has 2 unspecified atom stereocenters. The summed E-state index contributed by atoms with van der Waals surface area (Å²) in [5.74, 6) is 1.02. The van der Waals surface area contributed by atoms with E-state index in [-0.39, 0.29) is 18.3 Å². The average molecular weight is 327 g/mol. The molecule has 2 rings (SSSR count). The first kappa shape index (κ1) is 18.8. The molecule has 5 heteroatoms. The van der Waals surface area contributed by atoms with Crippen molar-refractivity contribution < 1.29 is 9.53 Å². The van der Waals surface area contributed by atoms with Crippen LogP contribution in [-0.4, -0.2) is 54.5 Å². The summed E-state index contributed by atoms with van der Waals surface area (Å²) in [4.78, 5) is 16.3. The third-order valence-corrected chi connectivity index (χ3v) is 4.32. The summed E-state index contributed by atoms with van der Waals surface area (Å²) < 4.78 is 5.63. The van der Waals surface area contributed by atoms with Crippen LogP contribution in [0, 0.1) is 0 Å². The number of carbonyl (C=O) groups excluding carboxylic acids is 1. The van der Waals surface area contributed by atoms with Crippen LogP contribution in [-0.2, 0) is 4.79 Å².